The first kappa shape index (κ1) is 23.5. The molecule has 0 radical (unpaired) electrons. The van der Waals surface area contributed by atoms with Crippen LogP contribution in [0.3, 0.4) is 0 Å². The number of urea groups is 1. The summed E-state index contributed by atoms with van der Waals surface area (Å²) < 4.78 is 41.7. The number of halogens is 3. The average molecular weight is 479 g/mol. The lowest BCUT2D eigenvalue weighted by atomic mass is 9.64. The van der Waals surface area contributed by atoms with E-state index in [2.05, 4.69) is 26.5 Å². The van der Waals surface area contributed by atoms with Crippen LogP contribution in [-0.4, -0.2) is 49.3 Å². The molecule has 10 nitrogen and oxygen atoms in total. The Morgan fingerprint density at radius 3 is 2.53 bits per heavy atom. The molecule has 4 amide bonds. The smallest absolute Gasteiger partial charge is 0.308 e. The Bertz CT molecular complexity index is 1150. The van der Waals surface area contributed by atoms with Gasteiger partial charge in [-0.15, -0.1) is 5.10 Å². The maximum atomic E-state index is 13.6. The summed E-state index contributed by atoms with van der Waals surface area (Å²) in [5.74, 6) is -0.785. The van der Waals surface area contributed by atoms with Crippen LogP contribution >= 0.6 is 0 Å². The lowest BCUT2D eigenvalue weighted by molar-refractivity contribution is -0.157. The number of hydrogen-bond acceptors (Lipinski definition) is 5. The number of nitrogens with zero attached hydrogens (tertiary/aromatic N) is 4. The molecule has 0 spiro atoms. The van der Waals surface area contributed by atoms with Gasteiger partial charge >= 0.3 is 12.2 Å². The molecule has 3 unspecified atom stereocenters. The van der Waals surface area contributed by atoms with Crippen molar-refractivity contribution in [1.82, 2.24) is 30.7 Å². The summed E-state index contributed by atoms with van der Waals surface area (Å²) >= 11 is 0. The molecule has 2 fully saturated rings. The zero-order chi connectivity index (χ0) is 24.8. The molecular weight excluding hydrogens is 455 g/mol. The molecule has 1 saturated heterocycles. The zero-order valence-electron chi connectivity index (χ0n) is 18.7. The lowest BCUT2D eigenvalue weighted by Crippen LogP contribution is -2.78. The number of hydrogen-bond donors (Lipinski definition) is 3. The van der Waals surface area contributed by atoms with E-state index in [1.54, 1.807) is 6.92 Å². The number of aryl methyl sites for hydroxylation is 1. The van der Waals surface area contributed by atoms with Gasteiger partial charge in [0.2, 0.25) is 5.91 Å². The molecule has 4 rings (SSSR count). The largest absolute Gasteiger partial charge is 0.418 e. The second kappa shape index (κ2) is 8.29. The number of fused-ring (bicyclic) bond motifs is 2. The number of hydrazine groups is 1. The van der Waals surface area contributed by atoms with E-state index in [1.807, 2.05) is 6.92 Å². The van der Waals surface area contributed by atoms with Crippen molar-refractivity contribution in [2.24, 2.45) is 5.92 Å². The molecule has 2 aliphatic rings. The van der Waals surface area contributed by atoms with Crippen LogP contribution in [0.4, 0.5) is 23.7 Å². The predicted octanol–water partition coefficient (Wildman–Crippen LogP) is 2.54. The summed E-state index contributed by atoms with van der Waals surface area (Å²) in [6, 6.07) is 2.37. The number of benzene rings is 1. The number of piperidine rings is 1. The third-order valence-electron chi connectivity index (χ3n) is 6.16. The summed E-state index contributed by atoms with van der Waals surface area (Å²) in [6.07, 6.45) is -1.77. The van der Waals surface area contributed by atoms with Crippen LogP contribution in [0, 0.1) is 12.8 Å². The van der Waals surface area contributed by atoms with E-state index in [0.29, 0.717) is 25.0 Å². The Hall–Kier alpha value is -3.64. The lowest BCUT2D eigenvalue weighted by Gasteiger charge is -2.61. The number of rotatable bonds is 3. The molecule has 1 aliphatic carbocycles. The van der Waals surface area contributed by atoms with E-state index < -0.39 is 35.1 Å². The minimum absolute atomic E-state index is 0.108. The van der Waals surface area contributed by atoms with Crippen LogP contribution in [0.25, 0.3) is 5.69 Å². The fraction of sp³-hybridized carbons (Fsp3) is 0.476. The molecule has 1 aromatic carbocycles. The fourth-order valence-electron chi connectivity index (χ4n) is 4.91. The molecular formula is C21H24F3N7O3. The summed E-state index contributed by atoms with van der Waals surface area (Å²) in [6.45, 7) is 4.82. The van der Waals surface area contributed by atoms with Gasteiger partial charge in [-0.25, -0.2) is 9.48 Å². The highest BCUT2D eigenvalue weighted by Gasteiger charge is 2.62. The van der Waals surface area contributed by atoms with Gasteiger partial charge in [-0.1, -0.05) is 12.1 Å². The zero-order valence-corrected chi connectivity index (χ0v) is 18.7. The van der Waals surface area contributed by atoms with Gasteiger partial charge in [-0.2, -0.15) is 13.2 Å². The van der Waals surface area contributed by atoms with Crippen molar-refractivity contribution in [1.29, 1.82) is 0 Å². The molecule has 2 bridgehead atoms. The molecule has 2 heterocycles. The van der Waals surface area contributed by atoms with Crippen LogP contribution in [0.1, 0.15) is 44.4 Å². The highest BCUT2D eigenvalue weighted by atomic mass is 19.4. The van der Waals surface area contributed by atoms with E-state index in [-0.39, 0.29) is 23.3 Å². The third-order valence-corrected chi connectivity index (χ3v) is 6.16. The molecule has 3 atom stereocenters. The van der Waals surface area contributed by atoms with Gasteiger partial charge in [0, 0.05) is 25.1 Å². The van der Waals surface area contributed by atoms with Crippen LogP contribution in [0.2, 0.25) is 0 Å². The van der Waals surface area contributed by atoms with Crippen molar-refractivity contribution >= 4 is 23.5 Å². The molecule has 1 aromatic heterocycles. The summed E-state index contributed by atoms with van der Waals surface area (Å²) in [5.41, 5.74) is 2.76. The first-order valence-corrected chi connectivity index (χ1v) is 10.7. The standard InChI is InChI=1S/C21H24F3N7O3/c1-11-6-15-9-20(8-11,18(33)28-27-13(3)32)31(15)19(34)25-14-4-5-16(21(22,23)24)17(7-14)30-10-12(2)26-29-30/h4-5,7,10-11,15H,6,8-9H2,1-3H3,(H,25,34)(H,27,32)(H,28,33). The van der Waals surface area contributed by atoms with Crippen molar-refractivity contribution < 1.29 is 27.6 Å². The first-order valence-electron chi connectivity index (χ1n) is 10.7. The van der Waals surface area contributed by atoms with Gasteiger partial charge in [0.1, 0.15) is 5.54 Å². The minimum Gasteiger partial charge on any atom is -0.308 e. The van der Waals surface area contributed by atoms with Crippen molar-refractivity contribution in [2.45, 2.75) is 57.8 Å². The molecule has 1 saturated carbocycles. The fourth-order valence-corrected chi connectivity index (χ4v) is 4.91. The van der Waals surface area contributed by atoms with Gasteiger partial charge in [0.25, 0.3) is 5.91 Å². The van der Waals surface area contributed by atoms with Gasteiger partial charge in [0.15, 0.2) is 0 Å². The number of nitrogens with one attached hydrogen (secondary N) is 3. The van der Waals surface area contributed by atoms with Gasteiger partial charge in [0.05, 0.1) is 23.1 Å². The normalized spacial score (nSPS) is 23.6. The number of alkyl halides is 3. The maximum Gasteiger partial charge on any atom is 0.418 e. The molecule has 34 heavy (non-hydrogen) atoms. The highest BCUT2D eigenvalue weighted by molar-refractivity contribution is 5.99. The number of anilines is 1. The van der Waals surface area contributed by atoms with Gasteiger partial charge < -0.3 is 10.2 Å². The summed E-state index contributed by atoms with van der Waals surface area (Å²) in [7, 11) is 0. The summed E-state index contributed by atoms with van der Waals surface area (Å²) in [5, 5.41) is 10.1. The predicted molar refractivity (Wildman–Crippen MR) is 113 cm³/mol. The topological polar surface area (TPSA) is 121 Å². The number of amides is 4. The molecule has 2 aromatic rings. The Kier molecular flexibility index (Phi) is 5.74. The van der Waals surface area contributed by atoms with Crippen molar-refractivity contribution in [3.8, 4) is 5.69 Å². The van der Waals surface area contributed by atoms with Crippen molar-refractivity contribution in [2.75, 3.05) is 5.32 Å². The van der Waals surface area contributed by atoms with Gasteiger partial charge in [-0.05, 0) is 43.9 Å². The van der Waals surface area contributed by atoms with Crippen LogP contribution in [0.15, 0.2) is 24.4 Å². The van der Waals surface area contributed by atoms with Crippen molar-refractivity contribution in [3.05, 3.63) is 35.7 Å². The van der Waals surface area contributed by atoms with Crippen LogP contribution in [0.5, 0.6) is 0 Å². The average Bonchev–Trinajstić information content (AvgIpc) is 3.16. The number of likely N-dealkylation sites (tertiary alicyclic amines) is 1. The number of aromatic nitrogens is 3. The maximum absolute atomic E-state index is 13.6. The van der Waals surface area contributed by atoms with E-state index in [1.165, 1.54) is 18.0 Å². The second-order valence-electron chi connectivity index (χ2n) is 8.90. The van der Waals surface area contributed by atoms with Crippen LogP contribution < -0.4 is 16.2 Å². The number of carbonyl (C=O) groups is 3. The first-order chi connectivity index (χ1) is 15.9. The second-order valence-corrected chi connectivity index (χ2v) is 8.90. The Balaban J connectivity index is 1.60. The van der Waals surface area contributed by atoms with E-state index in [0.717, 1.165) is 22.9 Å². The van der Waals surface area contributed by atoms with Gasteiger partial charge in [-0.3, -0.25) is 20.4 Å². The highest BCUT2D eigenvalue weighted by Crippen LogP contribution is 2.50. The molecule has 182 valence electrons. The van der Waals surface area contributed by atoms with E-state index in [9.17, 15) is 27.6 Å². The van der Waals surface area contributed by atoms with Crippen molar-refractivity contribution in [3.63, 3.8) is 0 Å². The van der Waals surface area contributed by atoms with Crippen LogP contribution in [-0.2, 0) is 15.8 Å². The molecule has 3 N–H and O–H groups in total. The van der Waals surface area contributed by atoms with E-state index >= 15 is 0 Å². The Morgan fingerprint density at radius 2 is 1.91 bits per heavy atom. The summed E-state index contributed by atoms with van der Waals surface area (Å²) in [4.78, 5) is 38.7. The minimum atomic E-state index is -4.64. The Labute approximate surface area is 192 Å². The third kappa shape index (κ3) is 4.17. The molecule has 13 heteroatoms. The number of carbonyl (C=O) groups excluding carboxylic acids is 3. The SMILES string of the molecule is CC(=O)NNC(=O)C12CC(C)CC(C1)N2C(=O)Nc1ccc(C(F)(F)F)c(-n2cc(C)nn2)c1. The quantitative estimate of drug-likeness (QED) is 0.585. The monoisotopic (exact) mass is 479 g/mol. The Morgan fingerprint density at radius 1 is 1.18 bits per heavy atom. The van der Waals surface area contributed by atoms with E-state index in [4.69, 9.17) is 0 Å². The molecule has 1 aliphatic heterocycles.